The zero-order valence-electron chi connectivity index (χ0n) is 12.3. The summed E-state index contributed by atoms with van der Waals surface area (Å²) in [5, 5.41) is 0. The van der Waals surface area contributed by atoms with E-state index in [9.17, 15) is 4.79 Å². The van der Waals surface area contributed by atoms with Crippen LogP contribution in [0.4, 0.5) is 0 Å². The highest BCUT2D eigenvalue weighted by molar-refractivity contribution is 7.99. The van der Waals surface area contributed by atoms with Crippen molar-refractivity contribution in [1.82, 2.24) is 0 Å². The van der Waals surface area contributed by atoms with Gasteiger partial charge in [0.2, 0.25) is 0 Å². The summed E-state index contributed by atoms with van der Waals surface area (Å²) < 4.78 is 0. The van der Waals surface area contributed by atoms with Crippen LogP contribution in [0.25, 0.3) is 0 Å². The maximum Gasteiger partial charge on any atom is 0.120 e. The number of aryl methyl sites for hydroxylation is 3. The van der Waals surface area contributed by atoms with Crippen molar-refractivity contribution in [2.45, 2.75) is 43.4 Å². The molecule has 0 aliphatic carbocycles. The van der Waals surface area contributed by atoms with Crippen molar-refractivity contribution in [3.63, 3.8) is 0 Å². The highest BCUT2D eigenvalue weighted by Crippen LogP contribution is 2.31. The smallest absolute Gasteiger partial charge is 0.120 e. The Morgan fingerprint density at radius 2 is 1.55 bits per heavy atom. The minimum Gasteiger partial charge on any atom is -0.303 e. The first-order chi connectivity index (χ1) is 9.60. The fourth-order valence-electron chi connectivity index (χ4n) is 2.35. The van der Waals surface area contributed by atoms with E-state index in [1.807, 2.05) is 0 Å². The van der Waals surface area contributed by atoms with Gasteiger partial charge in [0.25, 0.3) is 0 Å². The Balaban J connectivity index is 2.21. The molecule has 2 aromatic carbocycles. The Morgan fingerprint density at radius 3 is 2.10 bits per heavy atom. The molecule has 104 valence electrons. The number of aldehydes is 1. The summed E-state index contributed by atoms with van der Waals surface area (Å²) in [6, 6.07) is 13.0. The van der Waals surface area contributed by atoms with Crippen molar-refractivity contribution >= 4 is 18.0 Å². The van der Waals surface area contributed by atoms with Gasteiger partial charge in [-0.1, -0.05) is 29.5 Å². The van der Waals surface area contributed by atoms with Crippen LogP contribution < -0.4 is 0 Å². The fraction of sp³-hybridized carbons (Fsp3) is 0.278. The highest BCUT2D eigenvalue weighted by Gasteiger charge is 2.06. The Morgan fingerprint density at radius 1 is 0.950 bits per heavy atom. The molecule has 0 aliphatic rings. The lowest BCUT2D eigenvalue weighted by Crippen LogP contribution is -1.95. The molecule has 0 fully saturated rings. The van der Waals surface area contributed by atoms with E-state index in [2.05, 4.69) is 57.2 Å². The van der Waals surface area contributed by atoms with Crippen LogP contribution in [-0.4, -0.2) is 6.29 Å². The largest absolute Gasteiger partial charge is 0.303 e. The van der Waals surface area contributed by atoms with Gasteiger partial charge in [-0.25, -0.2) is 0 Å². The minimum atomic E-state index is 0.603. The van der Waals surface area contributed by atoms with Crippen LogP contribution in [0.2, 0.25) is 0 Å². The third kappa shape index (κ3) is 3.73. The van der Waals surface area contributed by atoms with E-state index in [-0.39, 0.29) is 0 Å². The molecule has 0 bridgehead atoms. The molecule has 2 rings (SSSR count). The van der Waals surface area contributed by atoms with Gasteiger partial charge in [0.1, 0.15) is 6.29 Å². The number of hydrogen-bond donors (Lipinski definition) is 0. The molecule has 0 atom stereocenters. The molecule has 0 amide bonds. The molecule has 2 heteroatoms. The topological polar surface area (TPSA) is 17.1 Å². The van der Waals surface area contributed by atoms with Crippen molar-refractivity contribution in [2.75, 3.05) is 0 Å². The summed E-state index contributed by atoms with van der Waals surface area (Å²) in [7, 11) is 0. The summed E-state index contributed by atoms with van der Waals surface area (Å²) in [5.74, 6) is 0. The SMILES string of the molecule is Cc1ccc(Sc2cc(C)c(CCC=O)c(C)c2)cc1. The van der Waals surface area contributed by atoms with Gasteiger partial charge in [-0.05, 0) is 68.1 Å². The Kier molecular flexibility index (Phi) is 5.02. The first kappa shape index (κ1) is 14.9. The number of hydrogen-bond acceptors (Lipinski definition) is 2. The summed E-state index contributed by atoms with van der Waals surface area (Å²) in [5.41, 5.74) is 5.15. The average molecular weight is 284 g/mol. The molecule has 0 N–H and O–H groups in total. The van der Waals surface area contributed by atoms with Crippen LogP contribution in [-0.2, 0) is 11.2 Å². The summed E-state index contributed by atoms with van der Waals surface area (Å²) in [6.45, 7) is 6.36. The Labute approximate surface area is 125 Å². The minimum absolute atomic E-state index is 0.603. The normalized spacial score (nSPS) is 10.6. The van der Waals surface area contributed by atoms with Crippen LogP contribution in [0.3, 0.4) is 0 Å². The monoisotopic (exact) mass is 284 g/mol. The van der Waals surface area contributed by atoms with Gasteiger partial charge in [-0.2, -0.15) is 0 Å². The molecule has 0 unspecified atom stereocenters. The van der Waals surface area contributed by atoms with Gasteiger partial charge >= 0.3 is 0 Å². The summed E-state index contributed by atoms with van der Waals surface area (Å²) >= 11 is 1.79. The number of rotatable bonds is 5. The molecule has 0 radical (unpaired) electrons. The van der Waals surface area contributed by atoms with Crippen molar-refractivity contribution in [2.24, 2.45) is 0 Å². The van der Waals surface area contributed by atoms with Gasteiger partial charge < -0.3 is 4.79 Å². The summed E-state index contributed by atoms with van der Waals surface area (Å²) in [6.07, 6.45) is 2.44. The molecule has 1 nitrogen and oxygen atoms in total. The van der Waals surface area contributed by atoms with E-state index < -0.39 is 0 Å². The predicted octanol–water partition coefficient (Wildman–Crippen LogP) is 4.89. The first-order valence-electron chi connectivity index (χ1n) is 6.88. The summed E-state index contributed by atoms with van der Waals surface area (Å²) in [4.78, 5) is 13.1. The van der Waals surface area contributed by atoms with Gasteiger partial charge in [-0.15, -0.1) is 0 Å². The van der Waals surface area contributed by atoms with E-state index >= 15 is 0 Å². The van der Waals surface area contributed by atoms with Crippen molar-refractivity contribution in [1.29, 1.82) is 0 Å². The van der Waals surface area contributed by atoms with E-state index in [1.165, 1.54) is 32.0 Å². The van der Waals surface area contributed by atoms with Crippen LogP contribution >= 0.6 is 11.8 Å². The maximum atomic E-state index is 10.5. The third-order valence-electron chi connectivity index (χ3n) is 3.44. The van der Waals surface area contributed by atoms with Crippen LogP contribution in [0.5, 0.6) is 0 Å². The second-order valence-electron chi connectivity index (χ2n) is 5.16. The van der Waals surface area contributed by atoms with Gasteiger partial charge in [0.15, 0.2) is 0 Å². The molecular formula is C18H20OS. The fourth-order valence-corrected chi connectivity index (χ4v) is 3.37. The Bertz CT molecular complexity index is 576. The number of carbonyl (C=O) groups excluding carboxylic acids is 1. The van der Waals surface area contributed by atoms with Crippen LogP contribution in [0.1, 0.15) is 28.7 Å². The van der Waals surface area contributed by atoms with Crippen LogP contribution in [0.15, 0.2) is 46.2 Å². The lowest BCUT2D eigenvalue weighted by Gasteiger charge is -2.11. The molecule has 0 saturated heterocycles. The van der Waals surface area contributed by atoms with Crippen molar-refractivity contribution in [3.8, 4) is 0 Å². The first-order valence-corrected chi connectivity index (χ1v) is 7.70. The van der Waals surface area contributed by atoms with E-state index in [1.54, 1.807) is 11.8 Å². The molecule has 0 saturated carbocycles. The molecule has 2 aromatic rings. The standard InChI is InChI=1S/C18H20OS/c1-13-6-8-16(9-7-13)20-17-11-14(2)18(5-4-10-19)15(3)12-17/h6-12H,4-5H2,1-3H3. The quantitative estimate of drug-likeness (QED) is 0.727. The Hall–Kier alpha value is -1.54. The lowest BCUT2D eigenvalue weighted by atomic mass is 9.99. The molecule has 0 heterocycles. The van der Waals surface area contributed by atoms with E-state index in [4.69, 9.17) is 0 Å². The predicted molar refractivity (Wildman–Crippen MR) is 85.6 cm³/mol. The average Bonchev–Trinajstić information content (AvgIpc) is 2.41. The molecule has 0 aliphatic heterocycles. The zero-order chi connectivity index (χ0) is 14.5. The van der Waals surface area contributed by atoms with Crippen molar-refractivity contribution < 1.29 is 4.79 Å². The number of carbonyl (C=O) groups is 1. The van der Waals surface area contributed by atoms with Crippen molar-refractivity contribution in [3.05, 3.63) is 58.7 Å². The lowest BCUT2D eigenvalue weighted by molar-refractivity contribution is -0.107. The van der Waals surface area contributed by atoms with Gasteiger partial charge in [-0.3, -0.25) is 0 Å². The van der Waals surface area contributed by atoms with Gasteiger partial charge in [0, 0.05) is 16.2 Å². The number of benzene rings is 2. The van der Waals surface area contributed by atoms with Gasteiger partial charge in [0.05, 0.1) is 0 Å². The second kappa shape index (κ2) is 6.76. The maximum absolute atomic E-state index is 10.5. The van der Waals surface area contributed by atoms with E-state index in [0.29, 0.717) is 6.42 Å². The van der Waals surface area contributed by atoms with Crippen LogP contribution in [0, 0.1) is 20.8 Å². The van der Waals surface area contributed by atoms with E-state index in [0.717, 1.165) is 12.7 Å². The molecule has 0 aromatic heterocycles. The highest BCUT2D eigenvalue weighted by atomic mass is 32.2. The zero-order valence-corrected chi connectivity index (χ0v) is 13.1. The molecular weight excluding hydrogens is 264 g/mol. The second-order valence-corrected chi connectivity index (χ2v) is 6.30. The molecule has 0 spiro atoms. The molecule has 20 heavy (non-hydrogen) atoms. The third-order valence-corrected chi connectivity index (χ3v) is 4.42.